The van der Waals surface area contributed by atoms with E-state index in [2.05, 4.69) is 6.58 Å². The van der Waals surface area contributed by atoms with Gasteiger partial charge in [0.25, 0.3) is 0 Å². The molecule has 0 atom stereocenters. The lowest BCUT2D eigenvalue weighted by Gasteiger charge is -2.05. The quantitative estimate of drug-likeness (QED) is 0.480. The minimum absolute atomic E-state index is 0.190. The Morgan fingerprint density at radius 3 is 2.58 bits per heavy atom. The van der Waals surface area contributed by atoms with Gasteiger partial charge in [-0.05, 0) is 13.0 Å². The van der Waals surface area contributed by atoms with Gasteiger partial charge >= 0.3 is 11.9 Å². The fraction of sp³-hybridized carbons (Fsp3) is 0.214. The molecule has 0 saturated carbocycles. The number of aliphatic carboxylic acids is 1. The molecule has 0 radical (unpaired) electrons. The summed E-state index contributed by atoms with van der Waals surface area (Å²) >= 11 is 0. The average Bonchev–Trinajstić information content (AvgIpc) is 2.34. The number of carboxylic acid groups (broad SMARTS) is 1. The van der Waals surface area contributed by atoms with E-state index in [0.717, 1.165) is 5.56 Å². The molecule has 0 fully saturated rings. The summed E-state index contributed by atoms with van der Waals surface area (Å²) in [5.74, 6) is -2.39. The number of carbonyl (C=O) groups excluding carboxylic acids is 2. The molecule has 0 saturated heterocycles. The summed E-state index contributed by atoms with van der Waals surface area (Å²) in [6.45, 7) is 4.71. The number of carbonyl (C=O) groups is 3. The molecular weight excluding hydrogens is 248 g/mol. The van der Waals surface area contributed by atoms with Crippen molar-refractivity contribution in [2.45, 2.75) is 13.3 Å². The van der Waals surface area contributed by atoms with Crippen molar-refractivity contribution in [2.75, 3.05) is 6.61 Å². The minimum atomic E-state index is -1.17. The zero-order valence-electron chi connectivity index (χ0n) is 10.5. The largest absolute Gasteiger partial charge is 0.481 e. The summed E-state index contributed by atoms with van der Waals surface area (Å²) in [5, 5.41) is 8.48. The van der Waals surface area contributed by atoms with Crippen LogP contribution >= 0.6 is 0 Å². The molecule has 5 nitrogen and oxygen atoms in total. The van der Waals surface area contributed by atoms with E-state index in [1.807, 2.05) is 13.0 Å². The fourth-order valence-corrected chi connectivity index (χ4v) is 1.39. The zero-order chi connectivity index (χ0) is 14.4. The molecule has 0 heterocycles. The number of ketones is 1. The van der Waals surface area contributed by atoms with Crippen LogP contribution in [0.4, 0.5) is 0 Å². The van der Waals surface area contributed by atoms with Gasteiger partial charge in [0.15, 0.2) is 12.4 Å². The molecule has 0 unspecified atom stereocenters. The maximum absolute atomic E-state index is 11.7. The Morgan fingerprint density at radius 2 is 2.00 bits per heavy atom. The highest BCUT2D eigenvalue weighted by atomic mass is 16.5. The number of aryl methyl sites for hydroxylation is 1. The topological polar surface area (TPSA) is 80.7 Å². The van der Waals surface area contributed by atoms with Gasteiger partial charge in [-0.2, -0.15) is 0 Å². The summed E-state index contributed by atoms with van der Waals surface area (Å²) in [6.07, 6.45) is -0.503. The standard InChI is InChI=1S/C14H14O5/c1-9-4-3-5-11(6-9)12(15)8-19-14(18)10(2)7-13(16)17/h3-6H,2,7-8H2,1H3,(H,16,17). The van der Waals surface area contributed by atoms with Crippen LogP contribution in [-0.4, -0.2) is 29.4 Å². The zero-order valence-corrected chi connectivity index (χ0v) is 10.5. The second-order valence-electron chi connectivity index (χ2n) is 4.04. The number of hydrogen-bond acceptors (Lipinski definition) is 4. The van der Waals surface area contributed by atoms with Crippen LogP contribution in [0.5, 0.6) is 0 Å². The van der Waals surface area contributed by atoms with Gasteiger partial charge in [0.2, 0.25) is 0 Å². The number of esters is 1. The van der Waals surface area contributed by atoms with E-state index < -0.39 is 25.0 Å². The molecule has 19 heavy (non-hydrogen) atoms. The van der Waals surface area contributed by atoms with Crippen LogP contribution in [0.1, 0.15) is 22.3 Å². The van der Waals surface area contributed by atoms with Gasteiger partial charge in [0.05, 0.1) is 6.42 Å². The SMILES string of the molecule is C=C(CC(=O)O)C(=O)OCC(=O)c1cccc(C)c1. The Balaban J connectivity index is 2.53. The van der Waals surface area contributed by atoms with Crippen molar-refractivity contribution in [1.82, 2.24) is 0 Å². The van der Waals surface area contributed by atoms with Gasteiger partial charge in [-0.25, -0.2) is 4.79 Å². The van der Waals surface area contributed by atoms with Crippen LogP contribution in [0.15, 0.2) is 36.4 Å². The summed E-state index contributed by atoms with van der Waals surface area (Å²) < 4.78 is 4.71. The summed E-state index contributed by atoms with van der Waals surface area (Å²) in [6, 6.07) is 6.88. The van der Waals surface area contributed by atoms with Crippen LogP contribution in [0, 0.1) is 6.92 Å². The third-order valence-electron chi connectivity index (χ3n) is 2.33. The van der Waals surface area contributed by atoms with Crippen molar-refractivity contribution in [3.05, 3.63) is 47.5 Å². The maximum atomic E-state index is 11.7. The molecule has 0 spiro atoms. The van der Waals surface area contributed by atoms with Crippen LogP contribution in [0.25, 0.3) is 0 Å². The van der Waals surface area contributed by atoms with Crippen molar-refractivity contribution in [2.24, 2.45) is 0 Å². The van der Waals surface area contributed by atoms with Crippen molar-refractivity contribution < 1.29 is 24.2 Å². The lowest BCUT2D eigenvalue weighted by Crippen LogP contribution is -2.16. The van der Waals surface area contributed by atoms with Crippen molar-refractivity contribution in [1.29, 1.82) is 0 Å². The van der Waals surface area contributed by atoms with Gasteiger partial charge in [-0.15, -0.1) is 0 Å². The monoisotopic (exact) mass is 262 g/mol. The van der Waals surface area contributed by atoms with Crippen LogP contribution in [0.2, 0.25) is 0 Å². The number of hydrogen-bond donors (Lipinski definition) is 1. The molecule has 1 aromatic carbocycles. The van der Waals surface area contributed by atoms with Crippen LogP contribution in [0.3, 0.4) is 0 Å². The summed E-state index contributed by atoms with van der Waals surface area (Å²) in [7, 11) is 0. The van der Waals surface area contributed by atoms with E-state index in [4.69, 9.17) is 9.84 Å². The normalized spacial score (nSPS) is 9.74. The Morgan fingerprint density at radius 1 is 1.32 bits per heavy atom. The molecular formula is C14H14O5. The second kappa shape index (κ2) is 6.49. The first kappa shape index (κ1) is 14.6. The van der Waals surface area contributed by atoms with Gasteiger partial charge < -0.3 is 9.84 Å². The molecule has 1 aromatic rings. The van der Waals surface area contributed by atoms with E-state index in [0.29, 0.717) is 5.56 Å². The lowest BCUT2D eigenvalue weighted by atomic mass is 10.1. The van der Waals surface area contributed by atoms with Gasteiger partial charge in [0.1, 0.15) is 0 Å². The van der Waals surface area contributed by atoms with Gasteiger partial charge in [-0.1, -0.05) is 30.3 Å². The van der Waals surface area contributed by atoms with Crippen LogP contribution < -0.4 is 0 Å². The predicted octanol–water partition coefficient (Wildman–Crippen LogP) is 1.75. The molecule has 0 aromatic heterocycles. The average molecular weight is 262 g/mol. The van der Waals surface area contributed by atoms with Gasteiger partial charge in [-0.3, -0.25) is 9.59 Å². The number of benzene rings is 1. The third kappa shape index (κ3) is 4.75. The van der Waals surface area contributed by atoms with E-state index in [1.54, 1.807) is 18.2 Å². The van der Waals surface area contributed by atoms with E-state index >= 15 is 0 Å². The van der Waals surface area contributed by atoms with Crippen molar-refractivity contribution >= 4 is 17.7 Å². The molecule has 0 aliphatic rings. The number of Topliss-reactive ketones (excluding diaryl/α,β-unsaturated/α-hetero) is 1. The molecule has 0 aliphatic heterocycles. The summed E-state index contributed by atoms with van der Waals surface area (Å²) in [4.78, 5) is 33.4. The number of ether oxygens (including phenoxy) is 1. The Hall–Kier alpha value is -2.43. The van der Waals surface area contributed by atoms with E-state index in [-0.39, 0.29) is 11.4 Å². The first-order valence-electron chi connectivity index (χ1n) is 5.56. The van der Waals surface area contributed by atoms with E-state index in [1.165, 1.54) is 0 Å². The number of carboxylic acids is 1. The highest BCUT2D eigenvalue weighted by Crippen LogP contribution is 2.06. The molecule has 100 valence electrons. The molecule has 1 rings (SSSR count). The molecule has 0 aliphatic carbocycles. The fourth-order valence-electron chi connectivity index (χ4n) is 1.39. The third-order valence-corrected chi connectivity index (χ3v) is 2.33. The first-order chi connectivity index (χ1) is 8.90. The van der Waals surface area contributed by atoms with Gasteiger partial charge in [0, 0.05) is 11.1 Å². The predicted molar refractivity (Wildman–Crippen MR) is 67.9 cm³/mol. The maximum Gasteiger partial charge on any atom is 0.334 e. The first-order valence-corrected chi connectivity index (χ1v) is 5.56. The Bertz CT molecular complexity index is 530. The van der Waals surface area contributed by atoms with Crippen LogP contribution in [-0.2, 0) is 14.3 Å². The lowest BCUT2D eigenvalue weighted by molar-refractivity contribution is -0.142. The second-order valence-corrected chi connectivity index (χ2v) is 4.04. The Labute approximate surface area is 110 Å². The van der Waals surface area contributed by atoms with Crippen molar-refractivity contribution in [3.8, 4) is 0 Å². The molecule has 5 heteroatoms. The molecule has 0 bridgehead atoms. The molecule has 0 amide bonds. The number of rotatable bonds is 6. The smallest absolute Gasteiger partial charge is 0.334 e. The molecule has 1 N–H and O–H groups in total. The Kier molecular flexibility index (Phi) is 5.00. The van der Waals surface area contributed by atoms with Crippen molar-refractivity contribution in [3.63, 3.8) is 0 Å². The highest BCUT2D eigenvalue weighted by Gasteiger charge is 2.14. The minimum Gasteiger partial charge on any atom is -0.481 e. The highest BCUT2D eigenvalue weighted by molar-refractivity contribution is 5.99. The van der Waals surface area contributed by atoms with E-state index in [9.17, 15) is 14.4 Å². The summed E-state index contributed by atoms with van der Waals surface area (Å²) in [5.41, 5.74) is 1.17.